The number of anilines is 2. The van der Waals surface area contributed by atoms with Gasteiger partial charge in [-0.25, -0.2) is 0 Å². The van der Waals surface area contributed by atoms with Gasteiger partial charge in [-0.3, -0.25) is 9.69 Å². The minimum atomic E-state index is -0.832. The molecule has 5 rings (SSSR count). The Kier molecular flexibility index (Phi) is 4.69. The highest BCUT2D eigenvalue weighted by Crippen LogP contribution is 2.50. The quantitative estimate of drug-likeness (QED) is 0.423. The number of benzene rings is 3. The smallest absolute Gasteiger partial charge is 0.246 e. The Morgan fingerprint density at radius 1 is 0.938 bits per heavy atom. The van der Waals surface area contributed by atoms with Crippen LogP contribution in [0.25, 0.3) is 0 Å². The van der Waals surface area contributed by atoms with Crippen LogP contribution in [0.2, 0.25) is 5.02 Å². The van der Waals surface area contributed by atoms with Gasteiger partial charge >= 0.3 is 0 Å². The number of ether oxygens (including phenoxy) is 1. The van der Waals surface area contributed by atoms with Gasteiger partial charge < -0.3 is 4.74 Å². The third-order valence-electron chi connectivity index (χ3n) is 7.14. The fourth-order valence-electron chi connectivity index (χ4n) is 4.92. The van der Waals surface area contributed by atoms with E-state index in [1.165, 1.54) is 5.56 Å². The Bertz CT molecular complexity index is 1260. The van der Waals surface area contributed by atoms with E-state index < -0.39 is 5.41 Å². The molecule has 1 atom stereocenters. The van der Waals surface area contributed by atoms with E-state index in [1.54, 1.807) is 0 Å². The van der Waals surface area contributed by atoms with Crippen molar-refractivity contribution >= 4 is 28.9 Å². The fourth-order valence-corrected chi connectivity index (χ4v) is 5.09. The summed E-state index contributed by atoms with van der Waals surface area (Å²) in [6.07, 6.45) is 1.88. The number of halogens is 1. The summed E-state index contributed by atoms with van der Waals surface area (Å²) in [5.74, 6) is 0.950. The maximum Gasteiger partial charge on any atom is 0.246 e. The van der Waals surface area contributed by atoms with Crippen LogP contribution in [0.3, 0.4) is 0 Å². The molecule has 0 bridgehead atoms. The van der Waals surface area contributed by atoms with Crippen LogP contribution in [0.5, 0.6) is 5.75 Å². The number of carbonyl (C=O) groups excluding carboxylic acids is 1. The fraction of sp³-hybridized carbons (Fsp3) is 0.321. The molecule has 0 unspecified atom stereocenters. The summed E-state index contributed by atoms with van der Waals surface area (Å²) in [7, 11) is 0. The van der Waals surface area contributed by atoms with Gasteiger partial charge in [0.15, 0.2) is 0 Å². The van der Waals surface area contributed by atoms with E-state index in [0.717, 1.165) is 52.2 Å². The molecule has 3 aromatic carbocycles. The summed E-state index contributed by atoms with van der Waals surface area (Å²) >= 11 is 6.42. The summed E-state index contributed by atoms with van der Waals surface area (Å²) < 4.78 is 6.18. The van der Waals surface area contributed by atoms with E-state index in [2.05, 4.69) is 45.9 Å². The molecule has 0 spiro atoms. The number of nitrogens with zero attached hydrogens (tertiary/aromatic N) is 1. The molecule has 4 heteroatoms. The average Bonchev–Trinajstić information content (AvgIpc) is 2.97. The lowest BCUT2D eigenvalue weighted by molar-refractivity contribution is -0.120. The maximum atomic E-state index is 14.1. The number of aryl methyl sites for hydroxylation is 3. The van der Waals surface area contributed by atoms with Crippen LogP contribution in [0.4, 0.5) is 11.4 Å². The van der Waals surface area contributed by atoms with E-state index in [0.29, 0.717) is 5.02 Å². The van der Waals surface area contributed by atoms with Crippen LogP contribution in [-0.2, 0) is 16.6 Å². The number of carbonyl (C=O) groups is 1. The molecule has 2 heterocycles. The van der Waals surface area contributed by atoms with E-state index >= 15 is 0 Å². The van der Waals surface area contributed by atoms with Crippen LogP contribution < -0.4 is 9.64 Å². The van der Waals surface area contributed by atoms with Crippen molar-refractivity contribution in [1.82, 2.24) is 0 Å². The van der Waals surface area contributed by atoms with E-state index in [4.69, 9.17) is 16.3 Å². The highest BCUT2D eigenvalue weighted by atomic mass is 35.5. The van der Waals surface area contributed by atoms with Crippen LogP contribution in [0.1, 0.15) is 55.0 Å². The zero-order chi connectivity index (χ0) is 22.8. The number of hydrogen-bond acceptors (Lipinski definition) is 2. The van der Waals surface area contributed by atoms with Crippen molar-refractivity contribution in [2.45, 2.75) is 58.5 Å². The molecule has 0 aliphatic carbocycles. The first-order valence-corrected chi connectivity index (χ1v) is 11.5. The van der Waals surface area contributed by atoms with Gasteiger partial charge in [-0.1, -0.05) is 29.8 Å². The van der Waals surface area contributed by atoms with E-state index in [1.807, 2.05) is 48.2 Å². The average molecular weight is 446 g/mol. The Morgan fingerprint density at radius 3 is 2.47 bits per heavy atom. The first-order chi connectivity index (χ1) is 15.1. The van der Waals surface area contributed by atoms with Crippen molar-refractivity contribution in [2.24, 2.45) is 0 Å². The maximum absolute atomic E-state index is 14.1. The second kappa shape index (κ2) is 7.11. The van der Waals surface area contributed by atoms with Crippen molar-refractivity contribution in [2.75, 3.05) is 4.90 Å². The lowest BCUT2D eigenvalue weighted by atomic mass is 9.76. The molecule has 0 aromatic heterocycles. The Hall–Kier alpha value is -2.78. The summed E-state index contributed by atoms with van der Waals surface area (Å²) in [5.41, 5.74) is 6.20. The SMILES string of the molecule is Cc1ccc(N2C(=O)[C@@](C)(c3ccc4c(c3)CCC(C)(C)O4)c3cc(Cl)ccc32)cc1C. The zero-order valence-electron chi connectivity index (χ0n) is 19.3. The van der Waals surface area contributed by atoms with Crippen molar-refractivity contribution in [1.29, 1.82) is 0 Å². The molecule has 0 saturated carbocycles. The molecule has 164 valence electrons. The largest absolute Gasteiger partial charge is 0.488 e. The predicted octanol–water partition coefficient (Wildman–Crippen LogP) is 7.04. The standard InChI is InChI=1S/C28H28ClNO2/c1-17-6-9-22(14-18(17)2)30-24-10-8-21(29)16-23(24)28(5,26(30)31)20-7-11-25-19(15-20)12-13-27(3,4)32-25/h6-11,14-16H,12-13H2,1-5H3/t28-/m0/s1. The molecule has 0 N–H and O–H groups in total. The normalized spacial score (nSPS) is 21.2. The minimum Gasteiger partial charge on any atom is -0.488 e. The highest BCUT2D eigenvalue weighted by molar-refractivity contribution is 6.31. The summed E-state index contributed by atoms with van der Waals surface area (Å²) in [4.78, 5) is 16.0. The predicted molar refractivity (Wildman–Crippen MR) is 130 cm³/mol. The van der Waals surface area contributed by atoms with Crippen LogP contribution >= 0.6 is 11.6 Å². The van der Waals surface area contributed by atoms with Crippen molar-refractivity contribution in [3.63, 3.8) is 0 Å². The van der Waals surface area contributed by atoms with Gasteiger partial charge in [-0.05, 0) is 112 Å². The lowest BCUT2D eigenvalue weighted by Crippen LogP contribution is -2.37. The molecule has 3 nitrogen and oxygen atoms in total. The number of amides is 1. The van der Waals surface area contributed by atoms with Gasteiger partial charge in [0.05, 0.1) is 11.1 Å². The molecule has 3 aromatic rings. The number of rotatable bonds is 2. The first kappa shape index (κ1) is 21.1. The van der Waals surface area contributed by atoms with Gasteiger partial charge in [0.1, 0.15) is 11.4 Å². The summed E-state index contributed by atoms with van der Waals surface area (Å²) in [6, 6.07) is 18.1. The number of hydrogen-bond donors (Lipinski definition) is 0. The molecule has 0 radical (unpaired) electrons. The summed E-state index contributed by atoms with van der Waals surface area (Å²) in [6.45, 7) is 10.4. The van der Waals surface area contributed by atoms with Crippen LogP contribution in [0, 0.1) is 13.8 Å². The van der Waals surface area contributed by atoms with Gasteiger partial charge in [-0.2, -0.15) is 0 Å². The Labute approximate surface area is 195 Å². The van der Waals surface area contributed by atoms with Crippen molar-refractivity contribution in [3.05, 3.63) is 87.4 Å². The molecular formula is C28H28ClNO2. The Balaban J connectivity index is 1.67. The zero-order valence-corrected chi connectivity index (χ0v) is 20.0. The minimum absolute atomic E-state index is 0.0371. The third-order valence-corrected chi connectivity index (χ3v) is 7.37. The molecule has 0 saturated heterocycles. The van der Waals surface area contributed by atoms with E-state index in [9.17, 15) is 4.79 Å². The molecule has 0 fully saturated rings. The Morgan fingerprint density at radius 2 is 1.72 bits per heavy atom. The monoisotopic (exact) mass is 445 g/mol. The van der Waals surface area contributed by atoms with Crippen molar-refractivity contribution in [3.8, 4) is 5.75 Å². The lowest BCUT2D eigenvalue weighted by Gasteiger charge is -2.34. The van der Waals surface area contributed by atoms with Gasteiger partial charge in [0.2, 0.25) is 5.91 Å². The third kappa shape index (κ3) is 3.14. The second-order valence-electron chi connectivity index (χ2n) is 9.88. The second-order valence-corrected chi connectivity index (χ2v) is 10.3. The first-order valence-electron chi connectivity index (χ1n) is 11.1. The molecular weight excluding hydrogens is 418 g/mol. The number of fused-ring (bicyclic) bond motifs is 2. The topological polar surface area (TPSA) is 29.5 Å². The highest BCUT2D eigenvalue weighted by Gasteiger charge is 2.49. The van der Waals surface area contributed by atoms with Crippen LogP contribution in [0.15, 0.2) is 54.6 Å². The molecule has 32 heavy (non-hydrogen) atoms. The molecule has 2 aliphatic rings. The van der Waals surface area contributed by atoms with Crippen molar-refractivity contribution < 1.29 is 9.53 Å². The molecule has 1 amide bonds. The molecule has 2 aliphatic heterocycles. The van der Waals surface area contributed by atoms with Gasteiger partial charge in [0, 0.05) is 10.7 Å². The van der Waals surface area contributed by atoms with Gasteiger partial charge in [-0.15, -0.1) is 0 Å². The van der Waals surface area contributed by atoms with E-state index in [-0.39, 0.29) is 11.5 Å². The van der Waals surface area contributed by atoms with Gasteiger partial charge in [0.25, 0.3) is 0 Å². The van der Waals surface area contributed by atoms with Crippen LogP contribution in [-0.4, -0.2) is 11.5 Å². The summed E-state index contributed by atoms with van der Waals surface area (Å²) in [5, 5.41) is 0.632.